The molecule has 7 nitrogen and oxygen atoms in total. The number of pyridine rings is 1. The van der Waals surface area contributed by atoms with Crippen molar-refractivity contribution in [2.45, 2.75) is 44.8 Å². The van der Waals surface area contributed by atoms with E-state index in [4.69, 9.17) is 0 Å². The molecule has 160 valence electrons. The predicted octanol–water partition coefficient (Wildman–Crippen LogP) is 2.81. The quantitative estimate of drug-likeness (QED) is 0.823. The third kappa shape index (κ3) is 4.17. The molecule has 1 aliphatic heterocycles. The van der Waals surface area contributed by atoms with E-state index in [9.17, 15) is 22.8 Å². The van der Waals surface area contributed by atoms with Gasteiger partial charge in [-0.1, -0.05) is 0 Å². The summed E-state index contributed by atoms with van der Waals surface area (Å²) in [5.41, 5.74) is -0.354. The molecule has 0 unspecified atom stereocenters. The number of rotatable bonds is 4. The summed E-state index contributed by atoms with van der Waals surface area (Å²) in [5.74, 6) is -0.435. The minimum Gasteiger partial charge on any atom is -0.341 e. The fraction of sp³-hybridized carbons (Fsp3) is 0.500. The van der Waals surface area contributed by atoms with Gasteiger partial charge in [0.2, 0.25) is 5.91 Å². The number of carbonyl (C=O) groups is 2. The highest BCUT2D eigenvalue weighted by atomic mass is 19.4. The van der Waals surface area contributed by atoms with Crippen LogP contribution in [-0.4, -0.2) is 50.6 Å². The van der Waals surface area contributed by atoms with E-state index < -0.39 is 23.8 Å². The van der Waals surface area contributed by atoms with Crippen molar-refractivity contribution in [2.24, 2.45) is 5.41 Å². The Morgan fingerprint density at radius 2 is 1.83 bits per heavy atom. The van der Waals surface area contributed by atoms with Gasteiger partial charge in [0.25, 0.3) is 5.91 Å². The summed E-state index contributed by atoms with van der Waals surface area (Å²) >= 11 is 0. The zero-order valence-corrected chi connectivity index (χ0v) is 16.4. The van der Waals surface area contributed by atoms with Crippen LogP contribution in [0, 0.1) is 5.41 Å². The number of halogens is 3. The van der Waals surface area contributed by atoms with Crippen LogP contribution in [-0.2, 0) is 11.0 Å². The van der Waals surface area contributed by atoms with Crippen molar-refractivity contribution in [3.63, 3.8) is 0 Å². The lowest BCUT2D eigenvalue weighted by molar-refractivity contribution is -0.141. The van der Waals surface area contributed by atoms with E-state index in [1.54, 1.807) is 11.8 Å². The van der Waals surface area contributed by atoms with Crippen molar-refractivity contribution in [1.82, 2.24) is 25.0 Å². The lowest BCUT2D eigenvalue weighted by Crippen LogP contribution is -2.49. The molecular formula is C20H22F3N5O2. The zero-order valence-electron chi connectivity index (χ0n) is 16.4. The molecule has 2 aliphatic rings. The molecule has 0 radical (unpaired) electrons. The Balaban J connectivity index is 1.35. The monoisotopic (exact) mass is 421 g/mol. The normalized spacial score (nSPS) is 18.9. The van der Waals surface area contributed by atoms with Crippen LogP contribution < -0.4 is 5.32 Å². The maximum absolute atomic E-state index is 12.7. The third-order valence-corrected chi connectivity index (χ3v) is 5.94. The van der Waals surface area contributed by atoms with Gasteiger partial charge >= 0.3 is 6.18 Å². The van der Waals surface area contributed by atoms with Gasteiger partial charge in [-0.3, -0.25) is 9.59 Å². The van der Waals surface area contributed by atoms with Gasteiger partial charge in [-0.05, 0) is 56.2 Å². The number of amides is 2. The van der Waals surface area contributed by atoms with Crippen molar-refractivity contribution in [3.05, 3.63) is 41.9 Å². The van der Waals surface area contributed by atoms with Crippen molar-refractivity contribution in [3.8, 4) is 5.82 Å². The summed E-state index contributed by atoms with van der Waals surface area (Å²) in [7, 11) is 0. The van der Waals surface area contributed by atoms with Crippen molar-refractivity contribution in [1.29, 1.82) is 0 Å². The maximum atomic E-state index is 12.7. The topological polar surface area (TPSA) is 80.1 Å². The summed E-state index contributed by atoms with van der Waals surface area (Å²) in [6.45, 7) is 3.09. The molecular weight excluding hydrogens is 399 g/mol. The van der Waals surface area contributed by atoms with E-state index in [0.717, 1.165) is 42.9 Å². The van der Waals surface area contributed by atoms with Crippen molar-refractivity contribution < 1.29 is 22.8 Å². The van der Waals surface area contributed by atoms with E-state index in [1.807, 2.05) is 0 Å². The minimum atomic E-state index is -4.54. The summed E-state index contributed by atoms with van der Waals surface area (Å²) in [6, 6.07) is 3.00. The maximum Gasteiger partial charge on any atom is 0.435 e. The zero-order chi connectivity index (χ0) is 21.5. The second kappa shape index (κ2) is 7.41. The average molecular weight is 421 g/mol. The molecule has 3 heterocycles. The SMILES string of the molecule is C[C@@H](NC(=O)c1ccc(-n2ccc(C(F)(F)F)n2)nc1)C(=O)N1CCC2(CC1)CC2. The Labute approximate surface area is 171 Å². The Morgan fingerprint density at radius 1 is 1.13 bits per heavy atom. The smallest absolute Gasteiger partial charge is 0.341 e. The first kappa shape index (κ1) is 20.4. The van der Waals surface area contributed by atoms with Gasteiger partial charge in [-0.15, -0.1) is 0 Å². The number of piperidine rings is 1. The standard InChI is InChI=1S/C20H22F3N5O2/c1-13(18(30)27-10-7-19(5-6-19)8-11-27)25-17(29)14-2-3-16(24-12-14)28-9-4-15(26-28)20(21,22)23/h2-4,9,12-13H,5-8,10-11H2,1H3,(H,25,29)/t13-/m1/s1. The number of likely N-dealkylation sites (tertiary alicyclic amines) is 1. The van der Waals surface area contributed by atoms with Gasteiger partial charge < -0.3 is 10.2 Å². The third-order valence-electron chi connectivity index (χ3n) is 5.94. The molecule has 1 saturated carbocycles. The van der Waals surface area contributed by atoms with E-state index in [2.05, 4.69) is 15.4 Å². The highest BCUT2D eigenvalue weighted by Gasteiger charge is 2.45. The molecule has 2 aromatic heterocycles. The Morgan fingerprint density at radius 3 is 2.37 bits per heavy atom. The summed E-state index contributed by atoms with van der Waals surface area (Å²) in [4.78, 5) is 30.9. The van der Waals surface area contributed by atoms with Gasteiger partial charge in [-0.25, -0.2) is 9.67 Å². The number of alkyl halides is 3. The largest absolute Gasteiger partial charge is 0.435 e. The van der Waals surface area contributed by atoms with E-state index in [0.29, 0.717) is 5.41 Å². The first-order valence-corrected chi connectivity index (χ1v) is 9.86. The molecule has 1 atom stereocenters. The molecule has 4 rings (SSSR count). The molecule has 1 N–H and O–H groups in total. The van der Waals surface area contributed by atoms with Crippen LogP contribution in [0.2, 0.25) is 0 Å². The van der Waals surface area contributed by atoms with Gasteiger partial charge in [0.1, 0.15) is 6.04 Å². The average Bonchev–Trinajstić information content (AvgIpc) is 3.27. The van der Waals surface area contributed by atoms with Gasteiger partial charge in [0.15, 0.2) is 11.5 Å². The summed E-state index contributed by atoms with van der Waals surface area (Å²) < 4.78 is 39.0. The van der Waals surface area contributed by atoms with Gasteiger partial charge in [-0.2, -0.15) is 18.3 Å². The van der Waals surface area contributed by atoms with E-state index in [-0.39, 0.29) is 17.3 Å². The number of carbonyl (C=O) groups excluding carboxylic acids is 2. The van der Waals surface area contributed by atoms with E-state index >= 15 is 0 Å². The van der Waals surface area contributed by atoms with Crippen molar-refractivity contribution >= 4 is 11.8 Å². The Hall–Kier alpha value is -2.91. The number of hydrogen-bond acceptors (Lipinski definition) is 4. The fourth-order valence-electron chi connectivity index (χ4n) is 3.75. The summed E-state index contributed by atoms with van der Waals surface area (Å²) in [6.07, 6.45) is 2.40. The number of nitrogens with zero attached hydrogens (tertiary/aromatic N) is 4. The van der Waals surface area contributed by atoms with Crippen LogP contribution in [0.4, 0.5) is 13.2 Å². The summed E-state index contributed by atoms with van der Waals surface area (Å²) in [5, 5.41) is 6.11. The Kier molecular flexibility index (Phi) is 5.03. The molecule has 0 aromatic carbocycles. The molecule has 0 bridgehead atoms. The van der Waals surface area contributed by atoms with Crippen LogP contribution in [0.1, 0.15) is 48.7 Å². The van der Waals surface area contributed by atoms with Crippen LogP contribution in [0.25, 0.3) is 5.82 Å². The van der Waals surface area contributed by atoms with Crippen molar-refractivity contribution in [2.75, 3.05) is 13.1 Å². The lowest BCUT2D eigenvalue weighted by Gasteiger charge is -2.33. The molecule has 1 saturated heterocycles. The first-order valence-electron chi connectivity index (χ1n) is 9.86. The van der Waals surface area contributed by atoms with Crippen LogP contribution >= 0.6 is 0 Å². The van der Waals surface area contributed by atoms with Gasteiger partial charge in [0, 0.05) is 25.5 Å². The molecule has 1 spiro atoms. The molecule has 10 heteroatoms. The second-order valence-corrected chi connectivity index (χ2v) is 8.07. The van der Waals surface area contributed by atoms with Crippen LogP contribution in [0.3, 0.4) is 0 Å². The highest BCUT2D eigenvalue weighted by Crippen LogP contribution is 2.53. The van der Waals surface area contributed by atoms with Gasteiger partial charge in [0.05, 0.1) is 5.56 Å². The van der Waals surface area contributed by atoms with E-state index in [1.165, 1.54) is 31.2 Å². The fourth-order valence-corrected chi connectivity index (χ4v) is 3.75. The van der Waals surface area contributed by atoms with Crippen LogP contribution in [0.5, 0.6) is 0 Å². The lowest BCUT2D eigenvalue weighted by atomic mass is 9.93. The Bertz CT molecular complexity index is 940. The second-order valence-electron chi connectivity index (χ2n) is 8.07. The number of aromatic nitrogens is 3. The first-order chi connectivity index (χ1) is 14.2. The van der Waals surface area contributed by atoms with Crippen LogP contribution in [0.15, 0.2) is 30.6 Å². The molecule has 30 heavy (non-hydrogen) atoms. The minimum absolute atomic E-state index is 0.111. The number of nitrogens with one attached hydrogen (secondary N) is 1. The highest BCUT2D eigenvalue weighted by molar-refractivity contribution is 5.97. The molecule has 2 fully saturated rings. The molecule has 1 aliphatic carbocycles. The number of hydrogen-bond donors (Lipinski definition) is 1. The molecule has 2 aromatic rings. The molecule has 2 amide bonds. The predicted molar refractivity (Wildman–Crippen MR) is 101 cm³/mol.